The summed E-state index contributed by atoms with van der Waals surface area (Å²) < 4.78 is 5.17. The van der Waals surface area contributed by atoms with Gasteiger partial charge in [0.15, 0.2) is 0 Å². The van der Waals surface area contributed by atoms with E-state index in [1.807, 2.05) is 31.2 Å². The van der Waals surface area contributed by atoms with Crippen molar-refractivity contribution in [2.75, 3.05) is 12.4 Å². The van der Waals surface area contributed by atoms with E-state index in [9.17, 15) is 4.79 Å². The maximum Gasteiger partial charge on any atom is 0.224 e. The van der Waals surface area contributed by atoms with Gasteiger partial charge in [-0.15, -0.1) is 0 Å². The Morgan fingerprint density at radius 1 is 1.18 bits per heavy atom. The number of anilines is 1. The van der Waals surface area contributed by atoms with Crippen LogP contribution in [0.2, 0.25) is 10.0 Å². The zero-order valence-electron chi connectivity index (χ0n) is 12.5. The summed E-state index contributed by atoms with van der Waals surface area (Å²) in [6.07, 6.45) is 0.875. The van der Waals surface area contributed by atoms with Crippen molar-refractivity contribution in [1.29, 1.82) is 0 Å². The Labute approximate surface area is 140 Å². The van der Waals surface area contributed by atoms with Crippen LogP contribution in [0, 0.1) is 6.92 Å². The van der Waals surface area contributed by atoms with Crippen molar-refractivity contribution in [3.05, 3.63) is 57.6 Å². The highest BCUT2D eigenvalue weighted by molar-refractivity contribution is 6.33. The Kier molecular flexibility index (Phi) is 5.69. The van der Waals surface area contributed by atoms with E-state index < -0.39 is 0 Å². The van der Waals surface area contributed by atoms with E-state index >= 15 is 0 Å². The van der Waals surface area contributed by atoms with Crippen LogP contribution in [-0.2, 0) is 11.2 Å². The third kappa shape index (κ3) is 3.93. The first-order valence-electron chi connectivity index (χ1n) is 6.89. The number of methoxy groups -OCH3 is 1. The SMILES string of the molecule is COc1cccc(CCC(=O)Nc2cccc(Cl)c2C)c1Cl. The summed E-state index contributed by atoms with van der Waals surface area (Å²) in [5, 5.41) is 4.06. The molecule has 0 bridgehead atoms. The average molecular weight is 338 g/mol. The molecule has 1 N–H and O–H groups in total. The molecule has 5 heteroatoms. The first kappa shape index (κ1) is 16.7. The summed E-state index contributed by atoms with van der Waals surface area (Å²) in [5.74, 6) is 0.537. The van der Waals surface area contributed by atoms with Crippen molar-refractivity contribution >= 4 is 34.8 Å². The third-order valence-electron chi connectivity index (χ3n) is 3.43. The molecule has 3 nitrogen and oxygen atoms in total. The zero-order valence-corrected chi connectivity index (χ0v) is 14.0. The zero-order chi connectivity index (χ0) is 16.1. The van der Waals surface area contributed by atoms with Gasteiger partial charge in [0.25, 0.3) is 0 Å². The minimum absolute atomic E-state index is 0.0794. The average Bonchev–Trinajstić information content (AvgIpc) is 2.51. The van der Waals surface area contributed by atoms with Crippen LogP contribution in [0.25, 0.3) is 0 Å². The molecule has 2 aromatic carbocycles. The van der Waals surface area contributed by atoms with Crippen LogP contribution in [0.5, 0.6) is 5.75 Å². The largest absolute Gasteiger partial charge is 0.495 e. The van der Waals surface area contributed by atoms with Crippen LogP contribution < -0.4 is 10.1 Å². The molecule has 0 saturated heterocycles. The van der Waals surface area contributed by atoms with Crippen LogP contribution in [0.1, 0.15) is 17.5 Å². The highest BCUT2D eigenvalue weighted by atomic mass is 35.5. The van der Waals surface area contributed by atoms with E-state index in [1.165, 1.54) is 0 Å². The molecule has 0 unspecified atom stereocenters. The van der Waals surface area contributed by atoms with E-state index in [2.05, 4.69) is 5.32 Å². The maximum absolute atomic E-state index is 12.1. The normalized spacial score (nSPS) is 10.4. The Morgan fingerprint density at radius 2 is 1.91 bits per heavy atom. The molecule has 0 spiro atoms. The molecule has 0 aromatic heterocycles. The molecule has 0 heterocycles. The summed E-state index contributed by atoms with van der Waals surface area (Å²) in [7, 11) is 1.57. The molecular weight excluding hydrogens is 321 g/mol. The Balaban J connectivity index is 2.00. The number of carbonyl (C=O) groups excluding carboxylic acids is 1. The molecular formula is C17H17Cl2NO2. The fourth-order valence-electron chi connectivity index (χ4n) is 2.11. The number of rotatable bonds is 5. The molecule has 116 valence electrons. The number of hydrogen-bond donors (Lipinski definition) is 1. The van der Waals surface area contributed by atoms with E-state index in [0.717, 1.165) is 16.8 Å². The van der Waals surface area contributed by atoms with Gasteiger partial charge in [-0.3, -0.25) is 4.79 Å². The van der Waals surface area contributed by atoms with Crippen molar-refractivity contribution in [3.63, 3.8) is 0 Å². The number of ether oxygens (including phenoxy) is 1. The van der Waals surface area contributed by atoms with Crippen molar-refractivity contribution < 1.29 is 9.53 Å². The van der Waals surface area contributed by atoms with Gasteiger partial charge in [-0.25, -0.2) is 0 Å². The first-order valence-corrected chi connectivity index (χ1v) is 7.65. The van der Waals surface area contributed by atoms with Crippen LogP contribution in [0.4, 0.5) is 5.69 Å². The second kappa shape index (κ2) is 7.52. The minimum atomic E-state index is -0.0794. The van der Waals surface area contributed by atoms with Gasteiger partial charge in [0.1, 0.15) is 5.75 Å². The molecule has 1 amide bonds. The molecule has 0 aliphatic carbocycles. The number of nitrogens with one attached hydrogen (secondary N) is 1. The lowest BCUT2D eigenvalue weighted by atomic mass is 10.1. The molecule has 0 atom stereocenters. The molecule has 0 fully saturated rings. The Hall–Kier alpha value is -1.71. The summed E-state index contributed by atoms with van der Waals surface area (Å²) in [6, 6.07) is 11.0. The molecule has 0 saturated carbocycles. The smallest absolute Gasteiger partial charge is 0.224 e. The lowest BCUT2D eigenvalue weighted by Crippen LogP contribution is -2.13. The van der Waals surface area contributed by atoms with Crippen molar-refractivity contribution in [3.8, 4) is 5.75 Å². The van der Waals surface area contributed by atoms with E-state index in [1.54, 1.807) is 19.2 Å². The minimum Gasteiger partial charge on any atom is -0.495 e. The fourth-order valence-corrected chi connectivity index (χ4v) is 2.58. The van der Waals surface area contributed by atoms with Gasteiger partial charge in [-0.05, 0) is 42.7 Å². The quantitative estimate of drug-likeness (QED) is 0.844. The third-order valence-corrected chi connectivity index (χ3v) is 4.26. The maximum atomic E-state index is 12.1. The van der Waals surface area contributed by atoms with Crippen molar-refractivity contribution in [2.24, 2.45) is 0 Å². The second-order valence-corrected chi connectivity index (χ2v) is 5.68. The van der Waals surface area contributed by atoms with Crippen LogP contribution in [-0.4, -0.2) is 13.0 Å². The number of amides is 1. The summed E-state index contributed by atoms with van der Waals surface area (Å²) >= 11 is 12.3. The fraction of sp³-hybridized carbons (Fsp3) is 0.235. The van der Waals surface area contributed by atoms with Gasteiger partial charge in [0, 0.05) is 17.1 Å². The highest BCUT2D eigenvalue weighted by Crippen LogP contribution is 2.29. The topological polar surface area (TPSA) is 38.3 Å². The summed E-state index contributed by atoms with van der Waals surface area (Å²) in [6.45, 7) is 1.87. The number of hydrogen-bond acceptors (Lipinski definition) is 2. The van der Waals surface area contributed by atoms with Crippen LogP contribution in [0.15, 0.2) is 36.4 Å². The van der Waals surface area contributed by atoms with Crippen LogP contribution in [0.3, 0.4) is 0 Å². The predicted octanol–water partition coefficient (Wildman–Crippen LogP) is 4.88. The molecule has 0 aliphatic heterocycles. The lowest BCUT2D eigenvalue weighted by molar-refractivity contribution is -0.116. The van der Waals surface area contributed by atoms with Gasteiger partial charge >= 0.3 is 0 Å². The number of benzene rings is 2. The summed E-state index contributed by atoms with van der Waals surface area (Å²) in [4.78, 5) is 12.1. The standard InChI is InChI=1S/C17H17Cl2NO2/c1-11-13(18)6-4-7-14(11)20-16(21)10-9-12-5-3-8-15(22-2)17(12)19/h3-8H,9-10H2,1-2H3,(H,20,21). The van der Waals surface area contributed by atoms with Crippen molar-refractivity contribution in [2.45, 2.75) is 19.8 Å². The van der Waals surface area contributed by atoms with Crippen LogP contribution >= 0.6 is 23.2 Å². The molecule has 22 heavy (non-hydrogen) atoms. The number of aryl methyl sites for hydroxylation is 1. The summed E-state index contributed by atoms with van der Waals surface area (Å²) in [5.41, 5.74) is 2.48. The first-order chi connectivity index (χ1) is 10.5. The Morgan fingerprint density at radius 3 is 2.64 bits per heavy atom. The number of carbonyl (C=O) groups is 1. The van der Waals surface area contributed by atoms with Gasteiger partial charge in [0.2, 0.25) is 5.91 Å². The van der Waals surface area contributed by atoms with E-state index in [0.29, 0.717) is 28.6 Å². The second-order valence-electron chi connectivity index (χ2n) is 4.89. The Bertz CT molecular complexity index is 686. The number of halogens is 2. The van der Waals surface area contributed by atoms with Crippen molar-refractivity contribution in [1.82, 2.24) is 0 Å². The lowest BCUT2D eigenvalue weighted by Gasteiger charge is -2.11. The van der Waals surface area contributed by atoms with E-state index in [4.69, 9.17) is 27.9 Å². The molecule has 2 aromatic rings. The van der Waals surface area contributed by atoms with E-state index in [-0.39, 0.29) is 5.91 Å². The monoisotopic (exact) mass is 337 g/mol. The molecule has 0 radical (unpaired) electrons. The van der Waals surface area contributed by atoms with Gasteiger partial charge < -0.3 is 10.1 Å². The molecule has 0 aliphatic rings. The highest BCUT2D eigenvalue weighted by Gasteiger charge is 2.10. The molecule has 2 rings (SSSR count). The predicted molar refractivity (Wildman–Crippen MR) is 91.1 cm³/mol. The van der Waals surface area contributed by atoms with Gasteiger partial charge in [-0.1, -0.05) is 41.4 Å². The van der Waals surface area contributed by atoms with Gasteiger partial charge in [-0.2, -0.15) is 0 Å². The van der Waals surface area contributed by atoms with Gasteiger partial charge in [0.05, 0.1) is 12.1 Å².